The van der Waals surface area contributed by atoms with E-state index in [1.165, 1.54) is 5.56 Å². The molecule has 1 amide bonds. The van der Waals surface area contributed by atoms with E-state index >= 15 is 0 Å². The van der Waals surface area contributed by atoms with Crippen LogP contribution in [0.2, 0.25) is 0 Å². The Kier molecular flexibility index (Phi) is 2.96. The molecule has 4 heteroatoms. The van der Waals surface area contributed by atoms with Gasteiger partial charge in [0.05, 0.1) is 6.10 Å². The molecule has 3 rings (SSSR count). The van der Waals surface area contributed by atoms with Crippen molar-refractivity contribution in [1.82, 2.24) is 4.90 Å². The van der Waals surface area contributed by atoms with Crippen LogP contribution in [0.3, 0.4) is 0 Å². The number of aryl methyl sites for hydroxylation is 1. The fourth-order valence-corrected chi connectivity index (χ4v) is 2.72. The molecular formula is C14H18N2O2. The van der Waals surface area contributed by atoms with E-state index in [4.69, 9.17) is 0 Å². The molecule has 0 aromatic heterocycles. The number of carbonyl (C=O) groups excluding carboxylic acids is 1. The van der Waals surface area contributed by atoms with E-state index in [1.807, 2.05) is 18.2 Å². The lowest BCUT2D eigenvalue weighted by atomic mass is 10.0. The molecule has 0 unspecified atom stereocenters. The number of benzene rings is 1. The highest BCUT2D eigenvalue weighted by molar-refractivity contribution is 5.95. The smallest absolute Gasteiger partial charge is 0.253 e. The van der Waals surface area contributed by atoms with Crippen molar-refractivity contribution in [3.05, 3.63) is 29.3 Å². The van der Waals surface area contributed by atoms with E-state index in [-0.39, 0.29) is 12.0 Å². The van der Waals surface area contributed by atoms with Crippen molar-refractivity contribution >= 4 is 11.6 Å². The van der Waals surface area contributed by atoms with Crippen LogP contribution in [0, 0.1) is 0 Å². The minimum atomic E-state index is -0.353. The minimum Gasteiger partial charge on any atom is -0.391 e. The SMILES string of the molecule is O=C(c1ccc2c(c1)CCCN2)N1CC[C@@H](O)C1. The zero-order valence-electron chi connectivity index (χ0n) is 10.4. The van der Waals surface area contributed by atoms with Crippen molar-refractivity contribution < 1.29 is 9.90 Å². The normalized spacial score (nSPS) is 22.5. The summed E-state index contributed by atoms with van der Waals surface area (Å²) in [6.45, 7) is 2.14. The molecule has 2 aliphatic heterocycles. The fraction of sp³-hybridized carbons (Fsp3) is 0.500. The summed E-state index contributed by atoms with van der Waals surface area (Å²) >= 11 is 0. The molecule has 0 spiro atoms. The van der Waals surface area contributed by atoms with Crippen LogP contribution in [-0.2, 0) is 6.42 Å². The van der Waals surface area contributed by atoms with E-state index in [9.17, 15) is 9.90 Å². The number of hydrogen-bond donors (Lipinski definition) is 2. The highest BCUT2D eigenvalue weighted by atomic mass is 16.3. The first-order chi connectivity index (χ1) is 8.74. The van der Waals surface area contributed by atoms with Gasteiger partial charge in [-0.3, -0.25) is 4.79 Å². The Morgan fingerprint density at radius 3 is 3.11 bits per heavy atom. The third kappa shape index (κ3) is 2.08. The number of fused-ring (bicyclic) bond motifs is 1. The number of likely N-dealkylation sites (tertiary alicyclic amines) is 1. The van der Waals surface area contributed by atoms with E-state index in [0.29, 0.717) is 19.5 Å². The van der Waals surface area contributed by atoms with Crippen LogP contribution < -0.4 is 5.32 Å². The van der Waals surface area contributed by atoms with Crippen molar-refractivity contribution in [2.45, 2.75) is 25.4 Å². The van der Waals surface area contributed by atoms with Crippen LogP contribution in [-0.4, -0.2) is 41.7 Å². The third-order valence-corrected chi connectivity index (χ3v) is 3.74. The third-order valence-electron chi connectivity index (χ3n) is 3.74. The van der Waals surface area contributed by atoms with E-state index in [1.54, 1.807) is 4.90 Å². The number of aliphatic hydroxyl groups excluding tert-OH is 1. The predicted molar refractivity (Wildman–Crippen MR) is 69.8 cm³/mol. The van der Waals surface area contributed by atoms with Crippen LogP contribution >= 0.6 is 0 Å². The standard InChI is InChI=1S/C14H18N2O2/c17-12-5-7-16(9-12)14(18)11-3-4-13-10(8-11)2-1-6-15-13/h3-4,8,12,15,17H,1-2,5-7,9H2/t12-/m1/s1. The quantitative estimate of drug-likeness (QED) is 0.784. The summed E-state index contributed by atoms with van der Waals surface area (Å²) in [6, 6.07) is 5.87. The second-order valence-corrected chi connectivity index (χ2v) is 5.10. The summed E-state index contributed by atoms with van der Waals surface area (Å²) < 4.78 is 0. The van der Waals surface area contributed by atoms with Gasteiger partial charge in [-0.2, -0.15) is 0 Å². The lowest BCUT2D eigenvalue weighted by molar-refractivity contribution is 0.0765. The number of nitrogens with one attached hydrogen (secondary N) is 1. The largest absolute Gasteiger partial charge is 0.391 e. The first kappa shape index (κ1) is 11.5. The van der Waals surface area contributed by atoms with Crippen LogP contribution in [0.5, 0.6) is 0 Å². The Hall–Kier alpha value is -1.55. The van der Waals surface area contributed by atoms with Gasteiger partial charge in [0, 0.05) is 30.9 Å². The van der Waals surface area contributed by atoms with Gasteiger partial charge in [-0.25, -0.2) is 0 Å². The van der Waals surface area contributed by atoms with Crippen LogP contribution in [0.1, 0.15) is 28.8 Å². The first-order valence-electron chi connectivity index (χ1n) is 6.58. The fourth-order valence-electron chi connectivity index (χ4n) is 2.72. The summed E-state index contributed by atoms with van der Waals surface area (Å²) in [4.78, 5) is 14.0. The second-order valence-electron chi connectivity index (χ2n) is 5.10. The molecule has 1 fully saturated rings. The number of rotatable bonds is 1. The average molecular weight is 246 g/mol. The molecule has 4 nitrogen and oxygen atoms in total. The highest BCUT2D eigenvalue weighted by Gasteiger charge is 2.25. The number of amides is 1. The molecule has 1 saturated heterocycles. The molecule has 0 bridgehead atoms. The first-order valence-corrected chi connectivity index (χ1v) is 6.58. The van der Waals surface area contributed by atoms with Crippen LogP contribution in [0.15, 0.2) is 18.2 Å². The van der Waals surface area contributed by atoms with Gasteiger partial charge in [0.1, 0.15) is 0 Å². The molecule has 18 heavy (non-hydrogen) atoms. The molecule has 2 N–H and O–H groups in total. The molecule has 0 radical (unpaired) electrons. The van der Waals surface area contributed by atoms with Crippen molar-refractivity contribution in [3.8, 4) is 0 Å². The van der Waals surface area contributed by atoms with Gasteiger partial charge in [-0.15, -0.1) is 0 Å². The summed E-state index contributed by atoms with van der Waals surface area (Å²) in [7, 11) is 0. The second kappa shape index (κ2) is 4.61. The number of aliphatic hydroxyl groups is 1. The zero-order valence-corrected chi connectivity index (χ0v) is 10.4. The van der Waals surface area contributed by atoms with Crippen molar-refractivity contribution in [3.63, 3.8) is 0 Å². The number of hydrogen-bond acceptors (Lipinski definition) is 3. The molecule has 1 aromatic rings. The number of anilines is 1. The van der Waals surface area contributed by atoms with E-state index in [0.717, 1.165) is 30.6 Å². The lowest BCUT2D eigenvalue weighted by Crippen LogP contribution is -2.29. The van der Waals surface area contributed by atoms with Gasteiger partial charge in [0.15, 0.2) is 0 Å². The van der Waals surface area contributed by atoms with Gasteiger partial charge < -0.3 is 15.3 Å². The van der Waals surface area contributed by atoms with E-state index < -0.39 is 0 Å². The number of carbonyl (C=O) groups is 1. The summed E-state index contributed by atoms with van der Waals surface area (Å²) in [6.07, 6.45) is 2.49. The molecule has 2 aliphatic rings. The van der Waals surface area contributed by atoms with Crippen LogP contribution in [0.25, 0.3) is 0 Å². The topological polar surface area (TPSA) is 52.6 Å². The van der Waals surface area contributed by atoms with Crippen molar-refractivity contribution in [1.29, 1.82) is 0 Å². The van der Waals surface area contributed by atoms with Gasteiger partial charge >= 0.3 is 0 Å². The summed E-state index contributed by atoms with van der Waals surface area (Å²) in [5.74, 6) is 0.0416. The van der Waals surface area contributed by atoms with Crippen molar-refractivity contribution in [2.24, 2.45) is 0 Å². The molecule has 96 valence electrons. The van der Waals surface area contributed by atoms with Gasteiger partial charge in [-0.05, 0) is 43.0 Å². The van der Waals surface area contributed by atoms with E-state index in [2.05, 4.69) is 5.32 Å². The Balaban J connectivity index is 1.81. The number of nitrogens with zero attached hydrogens (tertiary/aromatic N) is 1. The summed E-state index contributed by atoms with van der Waals surface area (Å²) in [5.41, 5.74) is 3.12. The number of β-amino-alcohol motifs (C(OH)–C–C–N with tert-alkyl or cyclic N) is 1. The molecule has 0 saturated carbocycles. The lowest BCUT2D eigenvalue weighted by Gasteiger charge is -2.20. The molecule has 1 aromatic carbocycles. The Labute approximate surface area is 107 Å². The zero-order chi connectivity index (χ0) is 12.5. The highest BCUT2D eigenvalue weighted by Crippen LogP contribution is 2.24. The van der Waals surface area contributed by atoms with Crippen LogP contribution in [0.4, 0.5) is 5.69 Å². The Bertz CT molecular complexity index is 473. The molecule has 0 aliphatic carbocycles. The van der Waals surface area contributed by atoms with Gasteiger partial charge in [0.25, 0.3) is 5.91 Å². The van der Waals surface area contributed by atoms with Gasteiger partial charge in [0.2, 0.25) is 0 Å². The molecular weight excluding hydrogens is 228 g/mol. The maximum absolute atomic E-state index is 12.3. The Morgan fingerprint density at radius 2 is 2.33 bits per heavy atom. The Morgan fingerprint density at radius 1 is 1.44 bits per heavy atom. The average Bonchev–Trinajstić information content (AvgIpc) is 2.84. The molecule has 2 heterocycles. The maximum Gasteiger partial charge on any atom is 0.253 e. The van der Waals surface area contributed by atoms with Crippen molar-refractivity contribution in [2.75, 3.05) is 25.0 Å². The monoisotopic (exact) mass is 246 g/mol. The minimum absolute atomic E-state index is 0.0416. The summed E-state index contributed by atoms with van der Waals surface area (Å²) in [5, 5.41) is 12.8. The predicted octanol–water partition coefficient (Wildman–Crippen LogP) is 1.25. The maximum atomic E-state index is 12.3. The van der Waals surface area contributed by atoms with Gasteiger partial charge in [-0.1, -0.05) is 0 Å². The molecule has 1 atom stereocenters.